The number of ether oxygens (including phenoxy) is 1. The first kappa shape index (κ1) is 19.5. The molecule has 3 aromatic rings. The van der Waals surface area contributed by atoms with Crippen LogP contribution in [0.15, 0.2) is 53.1 Å². The first-order chi connectivity index (χ1) is 13.5. The fourth-order valence-electron chi connectivity index (χ4n) is 2.57. The Labute approximate surface area is 161 Å². The average molecular weight is 386 g/mol. The van der Waals surface area contributed by atoms with E-state index in [1.54, 1.807) is 18.2 Å². The van der Waals surface area contributed by atoms with E-state index < -0.39 is 11.6 Å². The van der Waals surface area contributed by atoms with Crippen LogP contribution in [0.3, 0.4) is 0 Å². The minimum absolute atomic E-state index is 0.119. The van der Waals surface area contributed by atoms with Crippen LogP contribution >= 0.6 is 0 Å². The molecule has 0 aliphatic carbocycles. The van der Waals surface area contributed by atoms with Gasteiger partial charge in [0.2, 0.25) is 5.91 Å². The van der Waals surface area contributed by atoms with Gasteiger partial charge in [-0.3, -0.25) is 4.79 Å². The van der Waals surface area contributed by atoms with Crippen molar-refractivity contribution in [3.8, 4) is 17.1 Å². The molecule has 146 valence electrons. The SMILES string of the molecule is CCCOc1cccc(NC(=O)CCc2ncc(-c3ccc(F)cc3F)o2)c1. The zero-order chi connectivity index (χ0) is 19.9. The molecule has 0 aliphatic rings. The van der Waals surface area contributed by atoms with E-state index in [9.17, 15) is 13.6 Å². The Kier molecular flexibility index (Phi) is 6.37. The largest absolute Gasteiger partial charge is 0.494 e. The molecule has 0 aliphatic heterocycles. The summed E-state index contributed by atoms with van der Waals surface area (Å²) in [6.07, 6.45) is 2.65. The van der Waals surface area contributed by atoms with Crippen LogP contribution in [-0.4, -0.2) is 17.5 Å². The number of amides is 1. The molecule has 0 bridgehead atoms. The molecule has 1 N–H and O–H groups in total. The number of oxazole rings is 1. The van der Waals surface area contributed by atoms with Crippen LogP contribution in [-0.2, 0) is 11.2 Å². The molecule has 1 heterocycles. The molecule has 28 heavy (non-hydrogen) atoms. The molecule has 0 unspecified atom stereocenters. The summed E-state index contributed by atoms with van der Waals surface area (Å²) in [7, 11) is 0. The smallest absolute Gasteiger partial charge is 0.224 e. The maximum atomic E-state index is 13.8. The average Bonchev–Trinajstić information content (AvgIpc) is 3.14. The molecule has 0 fully saturated rings. The predicted octanol–water partition coefficient (Wildman–Crippen LogP) is 4.98. The lowest BCUT2D eigenvalue weighted by atomic mass is 10.2. The van der Waals surface area contributed by atoms with Crippen LogP contribution in [0.25, 0.3) is 11.3 Å². The molecular formula is C21H20F2N2O3. The van der Waals surface area contributed by atoms with E-state index in [0.717, 1.165) is 18.6 Å². The summed E-state index contributed by atoms with van der Waals surface area (Å²) >= 11 is 0. The molecule has 1 aromatic heterocycles. The van der Waals surface area contributed by atoms with E-state index in [-0.39, 0.29) is 30.1 Å². The van der Waals surface area contributed by atoms with Gasteiger partial charge in [0.05, 0.1) is 18.4 Å². The van der Waals surface area contributed by atoms with Gasteiger partial charge in [-0.2, -0.15) is 0 Å². The number of halogens is 2. The van der Waals surface area contributed by atoms with Gasteiger partial charge in [-0.05, 0) is 30.7 Å². The van der Waals surface area contributed by atoms with Gasteiger partial charge >= 0.3 is 0 Å². The minimum Gasteiger partial charge on any atom is -0.494 e. The number of benzene rings is 2. The van der Waals surface area contributed by atoms with Gasteiger partial charge in [-0.1, -0.05) is 13.0 Å². The Morgan fingerprint density at radius 2 is 2.07 bits per heavy atom. The van der Waals surface area contributed by atoms with E-state index in [1.807, 2.05) is 13.0 Å². The summed E-state index contributed by atoms with van der Waals surface area (Å²) in [6, 6.07) is 10.4. The summed E-state index contributed by atoms with van der Waals surface area (Å²) in [5, 5.41) is 2.79. The third-order valence-corrected chi connectivity index (χ3v) is 3.91. The monoisotopic (exact) mass is 386 g/mol. The molecule has 0 atom stereocenters. The molecule has 0 saturated carbocycles. The minimum atomic E-state index is -0.731. The van der Waals surface area contributed by atoms with Crippen LogP contribution in [0.1, 0.15) is 25.7 Å². The first-order valence-electron chi connectivity index (χ1n) is 8.98. The highest BCUT2D eigenvalue weighted by molar-refractivity contribution is 5.90. The van der Waals surface area contributed by atoms with Crippen molar-refractivity contribution in [1.29, 1.82) is 0 Å². The summed E-state index contributed by atoms with van der Waals surface area (Å²) in [5.74, 6) is -0.423. The van der Waals surface area contributed by atoms with Crippen molar-refractivity contribution in [2.24, 2.45) is 0 Å². The van der Waals surface area contributed by atoms with Gasteiger partial charge in [-0.25, -0.2) is 13.8 Å². The zero-order valence-electron chi connectivity index (χ0n) is 15.4. The third-order valence-electron chi connectivity index (χ3n) is 3.91. The number of nitrogens with one attached hydrogen (secondary N) is 1. The lowest BCUT2D eigenvalue weighted by Crippen LogP contribution is -2.12. The molecule has 7 heteroatoms. The highest BCUT2D eigenvalue weighted by atomic mass is 19.1. The van der Waals surface area contributed by atoms with Gasteiger partial charge in [-0.15, -0.1) is 0 Å². The van der Waals surface area contributed by atoms with Crippen molar-refractivity contribution in [3.05, 3.63) is 66.2 Å². The second-order valence-electron chi connectivity index (χ2n) is 6.17. The fraction of sp³-hybridized carbons (Fsp3) is 0.238. The second-order valence-corrected chi connectivity index (χ2v) is 6.17. The van der Waals surface area contributed by atoms with E-state index in [2.05, 4.69) is 10.3 Å². The third kappa shape index (κ3) is 5.16. The maximum Gasteiger partial charge on any atom is 0.224 e. The zero-order valence-corrected chi connectivity index (χ0v) is 15.4. The van der Waals surface area contributed by atoms with E-state index >= 15 is 0 Å². The van der Waals surface area contributed by atoms with Crippen molar-refractivity contribution in [3.63, 3.8) is 0 Å². The van der Waals surface area contributed by atoms with Crippen LogP contribution in [0.5, 0.6) is 5.75 Å². The summed E-state index contributed by atoms with van der Waals surface area (Å²) in [5.41, 5.74) is 0.758. The number of hydrogen-bond donors (Lipinski definition) is 1. The van der Waals surface area contributed by atoms with E-state index in [0.29, 0.717) is 23.9 Å². The molecule has 0 radical (unpaired) electrons. The van der Waals surface area contributed by atoms with Crippen molar-refractivity contribution < 1.29 is 22.7 Å². The number of aryl methyl sites for hydroxylation is 1. The Balaban J connectivity index is 1.56. The number of aromatic nitrogens is 1. The molecule has 1 amide bonds. The van der Waals surface area contributed by atoms with Gasteiger partial charge in [0.1, 0.15) is 17.4 Å². The predicted molar refractivity (Wildman–Crippen MR) is 101 cm³/mol. The molecule has 0 spiro atoms. The topological polar surface area (TPSA) is 64.4 Å². The fourth-order valence-corrected chi connectivity index (χ4v) is 2.57. The Hall–Kier alpha value is -3.22. The maximum absolute atomic E-state index is 13.8. The molecule has 3 rings (SSSR count). The summed E-state index contributed by atoms with van der Waals surface area (Å²) in [6.45, 7) is 2.63. The molecular weight excluding hydrogens is 366 g/mol. The number of carbonyl (C=O) groups excluding carboxylic acids is 1. The molecule has 2 aromatic carbocycles. The quantitative estimate of drug-likeness (QED) is 0.593. The summed E-state index contributed by atoms with van der Waals surface area (Å²) < 4.78 is 37.8. The molecule has 5 nitrogen and oxygen atoms in total. The van der Waals surface area contributed by atoms with Crippen molar-refractivity contribution in [2.75, 3.05) is 11.9 Å². The van der Waals surface area contributed by atoms with Crippen molar-refractivity contribution >= 4 is 11.6 Å². The Morgan fingerprint density at radius 3 is 2.86 bits per heavy atom. The van der Waals surface area contributed by atoms with Crippen molar-refractivity contribution in [1.82, 2.24) is 4.98 Å². The number of anilines is 1. The highest BCUT2D eigenvalue weighted by Gasteiger charge is 2.13. The second kappa shape index (κ2) is 9.12. The van der Waals surface area contributed by atoms with E-state index in [1.165, 1.54) is 12.3 Å². The number of carbonyl (C=O) groups is 1. The van der Waals surface area contributed by atoms with Crippen LogP contribution < -0.4 is 10.1 Å². The number of hydrogen-bond acceptors (Lipinski definition) is 4. The highest BCUT2D eigenvalue weighted by Crippen LogP contribution is 2.24. The Morgan fingerprint density at radius 1 is 1.21 bits per heavy atom. The lowest BCUT2D eigenvalue weighted by Gasteiger charge is -2.08. The Bertz CT molecular complexity index is 956. The normalized spacial score (nSPS) is 10.7. The van der Waals surface area contributed by atoms with Gasteiger partial charge in [0.25, 0.3) is 0 Å². The van der Waals surface area contributed by atoms with Crippen LogP contribution in [0, 0.1) is 11.6 Å². The summed E-state index contributed by atoms with van der Waals surface area (Å²) in [4.78, 5) is 16.2. The number of rotatable bonds is 8. The molecule has 0 saturated heterocycles. The van der Waals surface area contributed by atoms with Gasteiger partial charge < -0.3 is 14.5 Å². The van der Waals surface area contributed by atoms with Gasteiger partial charge in [0, 0.05) is 30.7 Å². The standard InChI is InChI=1S/C21H20F2N2O3/c1-2-10-27-16-5-3-4-15(12-16)25-20(26)8-9-21-24-13-19(28-21)17-7-6-14(22)11-18(17)23/h3-7,11-13H,2,8-10H2,1H3,(H,25,26). The lowest BCUT2D eigenvalue weighted by molar-refractivity contribution is -0.116. The first-order valence-corrected chi connectivity index (χ1v) is 8.98. The van der Waals surface area contributed by atoms with Gasteiger partial charge in [0.15, 0.2) is 11.7 Å². The van der Waals surface area contributed by atoms with Crippen molar-refractivity contribution in [2.45, 2.75) is 26.2 Å². The van der Waals surface area contributed by atoms with E-state index in [4.69, 9.17) is 9.15 Å². The van der Waals surface area contributed by atoms with Crippen LogP contribution in [0.4, 0.5) is 14.5 Å². The van der Waals surface area contributed by atoms with Crippen LogP contribution in [0.2, 0.25) is 0 Å². The number of nitrogens with zero attached hydrogens (tertiary/aromatic N) is 1.